The third kappa shape index (κ3) is 6.30. The van der Waals surface area contributed by atoms with E-state index in [1.165, 1.54) is 0 Å². The molecule has 24 heavy (non-hydrogen) atoms. The Morgan fingerprint density at radius 3 is 2.79 bits per heavy atom. The van der Waals surface area contributed by atoms with Crippen LogP contribution in [0.5, 0.6) is 5.75 Å². The lowest BCUT2D eigenvalue weighted by Gasteiger charge is -2.22. The first-order valence-corrected chi connectivity index (χ1v) is 8.47. The first-order chi connectivity index (χ1) is 11.1. The topological polar surface area (TPSA) is 73.6 Å². The standard InChI is InChI=1S/C18H28N2O3.ClH/c1-3-4-16(19)18(21)20-15-6-5-13(2)17(11-15)23-12-14-7-9-22-10-8-14;/h5-6,11,14,16H,3-4,7-10,12,19H2,1-2H3,(H,20,21);1H. The number of aryl methyl sites for hydroxylation is 1. The van der Waals surface area contributed by atoms with Crippen LogP contribution in [0.25, 0.3) is 0 Å². The van der Waals surface area contributed by atoms with Gasteiger partial charge in [0.15, 0.2) is 0 Å². The van der Waals surface area contributed by atoms with Gasteiger partial charge in [0.25, 0.3) is 0 Å². The van der Waals surface area contributed by atoms with Crippen molar-refractivity contribution in [2.75, 3.05) is 25.1 Å². The third-order valence-electron chi connectivity index (χ3n) is 4.21. The normalized spacial score (nSPS) is 16.1. The summed E-state index contributed by atoms with van der Waals surface area (Å²) < 4.78 is 11.3. The van der Waals surface area contributed by atoms with Gasteiger partial charge < -0.3 is 20.5 Å². The maximum absolute atomic E-state index is 12.0. The number of rotatable bonds is 7. The van der Waals surface area contributed by atoms with Crippen LogP contribution < -0.4 is 15.8 Å². The summed E-state index contributed by atoms with van der Waals surface area (Å²) in [4.78, 5) is 12.0. The summed E-state index contributed by atoms with van der Waals surface area (Å²) in [5.41, 5.74) is 7.64. The van der Waals surface area contributed by atoms with Crippen LogP contribution in [0.3, 0.4) is 0 Å². The summed E-state index contributed by atoms with van der Waals surface area (Å²) in [5.74, 6) is 1.21. The van der Waals surface area contributed by atoms with Crippen LogP contribution in [0.4, 0.5) is 5.69 Å². The molecule has 0 aliphatic carbocycles. The molecule has 1 amide bonds. The second-order valence-corrected chi connectivity index (χ2v) is 6.23. The van der Waals surface area contributed by atoms with Crippen LogP contribution in [0.2, 0.25) is 0 Å². The highest BCUT2D eigenvalue weighted by Crippen LogP contribution is 2.25. The van der Waals surface area contributed by atoms with Crippen LogP contribution >= 0.6 is 12.4 Å². The van der Waals surface area contributed by atoms with Gasteiger partial charge in [-0.25, -0.2) is 0 Å². The molecule has 1 aromatic rings. The van der Waals surface area contributed by atoms with Crippen LogP contribution in [0, 0.1) is 12.8 Å². The maximum Gasteiger partial charge on any atom is 0.241 e. The molecule has 5 nitrogen and oxygen atoms in total. The molecule has 2 rings (SSSR count). The molecule has 0 aromatic heterocycles. The van der Waals surface area contributed by atoms with Gasteiger partial charge in [0, 0.05) is 25.0 Å². The lowest BCUT2D eigenvalue weighted by molar-refractivity contribution is -0.117. The first kappa shape index (κ1) is 20.7. The zero-order valence-corrected chi connectivity index (χ0v) is 15.4. The van der Waals surface area contributed by atoms with Crippen molar-refractivity contribution in [1.82, 2.24) is 0 Å². The lowest BCUT2D eigenvalue weighted by atomic mass is 10.0. The fourth-order valence-electron chi connectivity index (χ4n) is 2.63. The molecule has 0 bridgehead atoms. The average Bonchev–Trinajstić information content (AvgIpc) is 2.56. The summed E-state index contributed by atoms with van der Waals surface area (Å²) in [6.07, 6.45) is 3.66. The number of halogens is 1. The van der Waals surface area contributed by atoms with Gasteiger partial charge in [-0.15, -0.1) is 12.4 Å². The van der Waals surface area contributed by atoms with Crippen molar-refractivity contribution >= 4 is 24.0 Å². The lowest BCUT2D eigenvalue weighted by Crippen LogP contribution is -2.35. The number of hydrogen-bond donors (Lipinski definition) is 2. The van der Waals surface area contributed by atoms with Crippen LogP contribution in [-0.4, -0.2) is 31.8 Å². The number of carbonyl (C=O) groups is 1. The Labute approximate surface area is 150 Å². The van der Waals surface area contributed by atoms with E-state index in [0.717, 1.165) is 49.5 Å². The molecule has 1 aliphatic heterocycles. The second kappa shape index (κ2) is 10.5. The summed E-state index contributed by atoms with van der Waals surface area (Å²) in [7, 11) is 0. The highest BCUT2D eigenvalue weighted by molar-refractivity contribution is 5.94. The molecule has 1 heterocycles. The quantitative estimate of drug-likeness (QED) is 0.786. The molecule has 1 aromatic carbocycles. The summed E-state index contributed by atoms with van der Waals surface area (Å²) in [6, 6.07) is 5.26. The molecule has 0 radical (unpaired) electrons. The average molecular weight is 357 g/mol. The van der Waals surface area contributed by atoms with E-state index in [-0.39, 0.29) is 18.3 Å². The fourth-order valence-corrected chi connectivity index (χ4v) is 2.63. The molecule has 3 N–H and O–H groups in total. The SMILES string of the molecule is CCCC(N)C(=O)Nc1ccc(C)c(OCC2CCOCC2)c1.Cl. The monoisotopic (exact) mass is 356 g/mol. The van der Waals surface area contributed by atoms with E-state index in [2.05, 4.69) is 5.32 Å². The third-order valence-corrected chi connectivity index (χ3v) is 4.21. The van der Waals surface area contributed by atoms with Crippen molar-refractivity contribution in [2.24, 2.45) is 11.7 Å². The molecule has 136 valence electrons. The Kier molecular flexibility index (Phi) is 9.11. The molecule has 1 saturated heterocycles. The van der Waals surface area contributed by atoms with E-state index >= 15 is 0 Å². The van der Waals surface area contributed by atoms with Crippen LogP contribution in [0.1, 0.15) is 38.2 Å². The molecule has 1 unspecified atom stereocenters. The summed E-state index contributed by atoms with van der Waals surface area (Å²) in [6.45, 7) is 6.35. The molecule has 0 spiro atoms. The Morgan fingerprint density at radius 1 is 1.42 bits per heavy atom. The minimum atomic E-state index is -0.465. The van der Waals surface area contributed by atoms with Crippen molar-refractivity contribution < 1.29 is 14.3 Å². The molecular formula is C18H29ClN2O3. The highest BCUT2D eigenvalue weighted by Gasteiger charge is 2.16. The summed E-state index contributed by atoms with van der Waals surface area (Å²) >= 11 is 0. The van der Waals surface area contributed by atoms with Gasteiger partial charge in [-0.2, -0.15) is 0 Å². The van der Waals surface area contributed by atoms with Gasteiger partial charge in [0.05, 0.1) is 12.6 Å². The van der Waals surface area contributed by atoms with Gasteiger partial charge in [0.1, 0.15) is 5.75 Å². The molecule has 0 saturated carbocycles. The van der Waals surface area contributed by atoms with E-state index in [4.69, 9.17) is 15.2 Å². The Bertz CT molecular complexity index is 519. The molecule has 1 atom stereocenters. The van der Waals surface area contributed by atoms with Crippen molar-refractivity contribution in [3.63, 3.8) is 0 Å². The second-order valence-electron chi connectivity index (χ2n) is 6.23. The molecule has 1 aliphatic rings. The number of carbonyl (C=O) groups excluding carboxylic acids is 1. The van der Waals surface area contributed by atoms with Crippen molar-refractivity contribution in [3.8, 4) is 5.75 Å². The minimum absolute atomic E-state index is 0. The fraction of sp³-hybridized carbons (Fsp3) is 0.611. The first-order valence-electron chi connectivity index (χ1n) is 8.47. The Balaban J connectivity index is 0.00000288. The number of nitrogens with two attached hydrogens (primary N) is 1. The molecule has 1 fully saturated rings. The minimum Gasteiger partial charge on any atom is -0.493 e. The van der Waals surface area contributed by atoms with E-state index in [1.54, 1.807) is 0 Å². The largest absolute Gasteiger partial charge is 0.493 e. The van der Waals surface area contributed by atoms with E-state index in [9.17, 15) is 4.79 Å². The van der Waals surface area contributed by atoms with Crippen molar-refractivity contribution in [2.45, 2.75) is 45.6 Å². The predicted octanol–water partition coefficient (Wildman–Crippen LogP) is 3.29. The van der Waals surface area contributed by atoms with Crippen LogP contribution in [-0.2, 0) is 9.53 Å². The number of hydrogen-bond acceptors (Lipinski definition) is 4. The highest BCUT2D eigenvalue weighted by atomic mass is 35.5. The number of amides is 1. The zero-order chi connectivity index (χ0) is 16.7. The smallest absolute Gasteiger partial charge is 0.241 e. The van der Waals surface area contributed by atoms with E-state index < -0.39 is 6.04 Å². The zero-order valence-electron chi connectivity index (χ0n) is 14.5. The van der Waals surface area contributed by atoms with Crippen LogP contribution in [0.15, 0.2) is 18.2 Å². The molecule has 6 heteroatoms. The van der Waals surface area contributed by atoms with Gasteiger partial charge >= 0.3 is 0 Å². The molecular weight excluding hydrogens is 328 g/mol. The van der Waals surface area contributed by atoms with E-state index in [1.807, 2.05) is 32.0 Å². The predicted molar refractivity (Wildman–Crippen MR) is 99.0 cm³/mol. The van der Waals surface area contributed by atoms with Gasteiger partial charge in [-0.1, -0.05) is 19.4 Å². The Morgan fingerprint density at radius 2 is 2.12 bits per heavy atom. The summed E-state index contributed by atoms with van der Waals surface area (Å²) in [5, 5.41) is 2.87. The van der Waals surface area contributed by atoms with Gasteiger partial charge in [-0.05, 0) is 43.7 Å². The van der Waals surface area contributed by atoms with E-state index in [0.29, 0.717) is 18.9 Å². The van der Waals surface area contributed by atoms with Gasteiger partial charge in [-0.3, -0.25) is 4.79 Å². The number of anilines is 1. The maximum atomic E-state index is 12.0. The van der Waals surface area contributed by atoms with Gasteiger partial charge in [0.2, 0.25) is 5.91 Å². The number of nitrogens with one attached hydrogen (secondary N) is 1. The van der Waals surface area contributed by atoms with Crippen molar-refractivity contribution in [3.05, 3.63) is 23.8 Å². The number of ether oxygens (including phenoxy) is 2. The van der Waals surface area contributed by atoms with Crippen molar-refractivity contribution in [1.29, 1.82) is 0 Å². The Hall–Kier alpha value is -1.30. The number of benzene rings is 1.